The van der Waals surface area contributed by atoms with Crippen LogP contribution in [0.3, 0.4) is 0 Å². The Bertz CT molecular complexity index is 969. The molecule has 6 nitrogen and oxygen atoms in total. The molecule has 0 fully saturated rings. The number of thioether (sulfide) groups is 1. The summed E-state index contributed by atoms with van der Waals surface area (Å²) in [5.74, 6) is 1.29. The van der Waals surface area contributed by atoms with Gasteiger partial charge in [-0.1, -0.05) is 59.3 Å². The molecule has 1 N–H and O–H groups in total. The second-order valence-corrected chi connectivity index (χ2v) is 7.95. The summed E-state index contributed by atoms with van der Waals surface area (Å²) < 4.78 is 6.92. The number of carbonyl (C=O) groups excluding carboxylic acids is 1. The molecule has 0 bridgehead atoms. The third-order valence-electron chi connectivity index (χ3n) is 4.44. The summed E-state index contributed by atoms with van der Waals surface area (Å²) in [5.41, 5.74) is 4.61. The van der Waals surface area contributed by atoms with E-state index in [1.807, 2.05) is 23.6 Å². The van der Waals surface area contributed by atoms with E-state index in [0.29, 0.717) is 5.82 Å². The maximum absolute atomic E-state index is 12.0. The first kappa shape index (κ1) is 21.1. The number of aryl methyl sites for hydroxylation is 2. The number of hydrogen-bond acceptors (Lipinski definition) is 5. The van der Waals surface area contributed by atoms with Crippen molar-refractivity contribution in [2.45, 2.75) is 37.7 Å². The largest absolute Gasteiger partial charge is 0.375 e. The minimum absolute atomic E-state index is 0.0119. The fraction of sp³-hybridized carbons (Fsp3) is 0.318. The lowest BCUT2D eigenvalue weighted by Gasteiger charge is -2.16. The minimum atomic E-state index is -0.306. The predicted molar refractivity (Wildman–Crippen MR) is 115 cm³/mol. The fourth-order valence-electron chi connectivity index (χ4n) is 3.02. The van der Waals surface area contributed by atoms with Crippen molar-refractivity contribution >= 4 is 17.7 Å². The highest BCUT2D eigenvalue weighted by atomic mass is 32.2. The topological polar surface area (TPSA) is 69.0 Å². The maximum atomic E-state index is 12.0. The molecule has 7 heteroatoms. The number of amides is 1. The molecule has 0 saturated carbocycles. The Morgan fingerprint density at radius 2 is 1.90 bits per heavy atom. The molecule has 152 valence electrons. The van der Waals surface area contributed by atoms with Crippen LogP contribution in [0, 0.1) is 13.8 Å². The number of nitrogens with zero attached hydrogens (tertiary/aromatic N) is 3. The number of hydrogen-bond donors (Lipinski definition) is 1. The van der Waals surface area contributed by atoms with Crippen molar-refractivity contribution in [2.24, 2.45) is 0 Å². The van der Waals surface area contributed by atoms with Gasteiger partial charge >= 0.3 is 0 Å². The van der Waals surface area contributed by atoms with Gasteiger partial charge in [-0.25, -0.2) is 0 Å². The number of benzene rings is 2. The van der Waals surface area contributed by atoms with Gasteiger partial charge in [-0.3, -0.25) is 9.36 Å². The molecule has 3 aromatic rings. The van der Waals surface area contributed by atoms with Crippen molar-refractivity contribution in [3.63, 3.8) is 0 Å². The zero-order chi connectivity index (χ0) is 20.8. The van der Waals surface area contributed by atoms with Crippen LogP contribution in [0.2, 0.25) is 0 Å². The molecule has 1 amide bonds. The number of rotatable bonds is 8. The van der Waals surface area contributed by atoms with Crippen molar-refractivity contribution in [3.8, 4) is 5.69 Å². The molecule has 0 aliphatic heterocycles. The summed E-state index contributed by atoms with van der Waals surface area (Å²) in [6.07, 6.45) is 0. The zero-order valence-corrected chi connectivity index (χ0v) is 18.0. The van der Waals surface area contributed by atoms with Crippen LogP contribution in [0.15, 0.2) is 53.7 Å². The summed E-state index contributed by atoms with van der Waals surface area (Å²) in [7, 11) is 1.50. The standard InChI is InChI=1S/C22H26N4O2S/c1-15-8-10-19(11-9-15)26-21(17(3)23-20(27)13-28-4)24-25-22(26)29-14-18-7-5-6-16(2)12-18/h5-12,17H,13-14H2,1-4H3,(H,23,27)/t17-/m1/s1. The number of ether oxygens (including phenoxy) is 1. The Hall–Kier alpha value is -2.64. The summed E-state index contributed by atoms with van der Waals surface area (Å²) in [6.45, 7) is 6.05. The smallest absolute Gasteiger partial charge is 0.246 e. The molecule has 1 atom stereocenters. The molecule has 0 unspecified atom stereocenters. The van der Waals surface area contributed by atoms with E-state index in [9.17, 15) is 4.79 Å². The van der Waals surface area contributed by atoms with Crippen LogP contribution in [-0.4, -0.2) is 34.4 Å². The Kier molecular flexibility index (Phi) is 7.06. The van der Waals surface area contributed by atoms with Crippen LogP contribution in [0.4, 0.5) is 0 Å². The van der Waals surface area contributed by atoms with Gasteiger partial charge in [-0.15, -0.1) is 10.2 Å². The molecular formula is C22H26N4O2S. The van der Waals surface area contributed by atoms with Gasteiger partial charge in [0.1, 0.15) is 6.61 Å². The molecule has 2 aromatic carbocycles. The number of methoxy groups -OCH3 is 1. The predicted octanol–water partition coefficient (Wildman–Crippen LogP) is 4.00. The average molecular weight is 411 g/mol. The van der Waals surface area contributed by atoms with E-state index in [0.717, 1.165) is 16.6 Å². The van der Waals surface area contributed by atoms with Crippen molar-refractivity contribution in [2.75, 3.05) is 13.7 Å². The SMILES string of the molecule is COCC(=O)N[C@H](C)c1nnc(SCc2cccc(C)c2)n1-c1ccc(C)cc1. The molecule has 1 heterocycles. The first-order valence-corrected chi connectivity index (χ1v) is 10.5. The summed E-state index contributed by atoms with van der Waals surface area (Å²) >= 11 is 1.63. The third kappa shape index (κ3) is 5.46. The Labute approximate surface area is 175 Å². The van der Waals surface area contributed by atoms with Crippen LogP contribution in [0.1, 0.15) is 35.5 Å². The molecule has 0 radical (unpaired) electrons. The van der Waals surface area contributed by atoms with E-state index in [4.69, 9.17) is 4.74 Å². The zero-order valence-electron chi connectivity index (χ0n) is 17.2. The van der Waals surface area contributed by atoms with E-state index in [-0.39, 0.29) is 18.6 Å². The average Bonchev–Trinajstić information content (AvgIpc) is 3.11. The van der Waals surface area contributed by atoms with Crippen molar-refractivity contribution < 1.29 is 9.53 Å². The third-order valence-corrected chi connectivity index (χ3v) is 5.44. The first-order valence-electron chi connectivity index (χ1n) is 9.47. The highest BCUT2D eigenvalue weighted by Crippen LogP contribution is 2.28. The van der Waals surface area contributed by atoms with E-state index in [1.54, 1.807) is 11.8 Å². The second kappa shape index (κ2) is 9.71. The van der Waals surface area contributed by atoms with Crippen molar-refractivity contribution in [1.82, 2.24) is 20.1 Å². The lowest BCUT2D eigenvalue weighted by atomic mass is 10.2. The van der Waals surface area contributed by atoms with E-state index in [2.05, 4.69) is 65.8 Å². The van der Waals surface area contributed by atoms with Crippen LogP contribution < -0.4 is 5.32 Å². The molecule has 0 saturated heterocycles. The number of carbonyl (C=O) groups is 1. The van der Waals surface area contributed by atoms with Crippen LogP contribution in [-0.2, 0) is 15.3 Å². The van der Waals surface area contributed by atoms with Gasteiger partial charge in [0, 0.05) is 18.6 Å². The Morgan fingerprint density at radius 3 is 2.59 bits per heavy atom. The van der Waals surface area contributed by atoms with Crippen LogP contribution in [0.25, 0.3) is 5.69 Å². The van der Waals surface area contributed by atoms with Gasteiger partial charge in [0.05, 0.1) is 6.04 Å². The monoisotopic (exact) mass is 410 g/mol. The van der Waals surface area contributed by atoms with Gasteiger partial charge < -0.3 is 10.1 Å². The highest BCUT2D eigenvalue weighted by Gasteiger charge is 2.21. The summed E-state index contributed by atoms with van der Waals surface area (Å²) in [6, 6.07) is 16.3. The number of nitrogens with one attached hydrogen (secondary N) is 1. The first-order chi connectivity index (χ1) is 14.0. The fourth-order valence-corrected chi connectivity index (χ4v) is 3.92. The normalized spacial score (nSPS) is 12.0. The molecule has 0 spiro atoms. The molecule has 3 rings (SSSR count). The van der Waals surface area contributed by atoms with Crippen LogP contribution in [0.5, 0.6) is 0 Å². The van der Waals surface area contributed by atoms with Gasteiger partial charge in [-0.05, 0) is 38.5 Å². The Balaban J connectivity index is 1.90. The highest BCUT2D eigenvalue weighted by molar-refractivity contribution is 7.98. The van der Waals surface area contributed by atoms with Gasteiger partial charge in [0.2, 0.25) is 5.91 Å². The molecular weight excluding hydrogens is 384 g/mol. The second-order valence-electron chi connectivity index (χ2n) is 7.01. The van der Waals surface area contributed by atoms with Crippen LogP contribution >= 0.6 is 11.8 Å². The molecule has 0 aliphatic rings. The molecule has 29 heavy (non-hydrogen) atoms. The van der Waals surface area contributed by atoms with Crippen molar-refractivity contribution in [3.05, 3.63) is 71.0 Å². The molecule has 0 aliphatic carbocycles. The molecule has 1 aromatic heterocycles. The van der Waals surface area contributed by atoms with E-state index in [1.165, 1.54) is 23.8 Å². The Morgan fingerprint density at radius 1 is 1.14 bits per heavy atom. The summed E-state index contributed by atoms with van der Waals surface area (Å²) in [4.78, 5) is 12.0. The number of aromatic nitrogens is 3. The van der Waals surface area contributed by atoms with E-state index >= 15 is 0 Å². The van der Waals surface area contributed by atoms with Gasteiger partial charge in [0.15, 0.2) is 11.0 Å². The lowest BCUT2D eigenvalue weighted by Crippen LogP contribution is -2.31. The maximum Gasteiger partial charge on any atom is 0.246 e. The quantitative estimate of drug-likeness (QED) is 0.569. The van der Waals surface area contributed by atoms with Crippen molar-refractivity contribution in [1.29, 1.82) is 0 Å². The lowest BCUT2D eigenvalue weighted by molar-refractivity contribution is -0.125. The van der Waals surface area contributed by atoms with Gasteiger partial charge in [0.25, 0.3) is 0 Å². The van der Waals surface area contributed by atoms with Gasteiger partial charge in [-0.2, -0.15) is 0 Å². The summed E-state index contributed by atoms with van der Waals surface area (Å²) in [5, 5.41) is 12.5. The van der Waals surface area contributed by atoms with E-state index < -0.39 is 0 Å². The minimum Gasteiger partial charge on any atom is -0.375 e.